The van der Waals surface area contributed by atoms with Crippen LogP contribution in [0.4, 0.5) is 10.1 Å². The quantitative estimate of drug-likeness (QED) is 0.423. The summed E-state index contributed by atoms with van der Waals surface area (Å²) < 4.78 is 21.1. The molecule has 3 aromatic heterocycles. The Morgan fingerprint density at radius 2 is 2.13 bits per heavy atom. The van der Waals surface area contributed by atoms with E-state index in [9.17, 15) is 9.18 Å². The minimum atomic E-state index is -0.558. The number of rotatable bonds is 7. The van der Waals surface area contributed by atoms with E-state index in [1.807, 2.05) is 16.7 Å². The van der Waals surface area contributed by atoms with Crippen LogP contribution in [0.5, 0.6) is 0 Å². The number of aromatic nitrogens is 4. The Kier molecular flexibility index (Phi) is 6.10. The number of hydrogen-bond acceptors (Lipinski definition) is 6. The molecule has 0 saturated carbocycles. The average molecular weight is 444 g/mol. The van der Waals surface area contributed by atoms with Crippen LogP contribution in [0.2, 0.25) is 5.02 Å². The third kappa shape index (κ3) is 4.69. The highest BCUT2D eigenvalue weighted by molar-refractivity contribution is 7.99. The van der Waals surface area contributed by atoms with Gasteiger partial charge in [-0.1, -0.05) is 23.4 Å². The van der Waals surface area contributed by atoms with Gasteiger partial charge in [-0.2, -0.15) is 0 Å². The number of thioether (sulfide) groups is 1. The summed E-state index contributed by atoms with van der Waals surface area (Å²) >= 11 is 7.05. The summed E-state index contributed by atoms with van der Waals surface area (Å²) in [6.45, 7) is 0.386. The van der Waals surface area contributed by atoms with Crippen molar-refractivity contribution < 1.29 is 13.6 Å². The molecule has 0 spiro atoms. The number of hydrogen-bond donors (Lipinski definition) is 1. The first-order valence-corrected chi connectivity index (χ1v) is 10.2. The van der Waals surface area contributed by atoms with Gasteiger partial charge in [0.05, 0.1) is 24.2 Å². The van der Waals surface area contributed by atoms with E-state index in [4.69, 9.17) is 16.0 Å². The van der Waals surface area contributed by atoms with E-state index in [0.29, 0.717) is 28.3 Å². The van der Waals surface area contributed by atoms with E-state index in [2.05, 4.69) is 20.5 Å². The molecule has 10 heteroatoms. The van der Waals surface area contributed by atoms with Crippen molar-refractivity contribution in [2.45, 2.75) is 11.7 Å². The van der Waals surface area contributed by atoms with Gasteiger partial charge in [-0.15, -0.1) is 10.2 Å². The van der Waals surface area contributed by atoms with Crippen LogP contribution in [0.3, 0.4) is 0 Å². The molecule has 0 aliphatic carbocycles. The number of amides is 1. The van der Waals surface area contributed by atoms with Crippen LogP contribution in [0.1, 0.15) is 5.76 Å². The molecule has 7 nitrogen and oxygen atoms in total. The van der Waals surface area contributed by atoms with Crippen LogP contribution in [0, 0.1) is 5.82 Å². The molecule has 0 saturated heterocycles. The van der Waals surface area contributed by atoms with E-state index < -0.39 is 11.7 Å². The fourth-order valence-electron chi connectivity index (χ4n) is 2.71. The van der Waals surface area contributed by atoms with Gasteiger partial charge in [0.25, 0.3) is 0 Å². The second kappa shape index (κ2) is 9.10. The van der Waals surface area contributed by atoms with Crippen LogP contribution >= 0.6 is 23.4 Å². The number of carbonyl (C=O) groups excluding carboxylic acids is 1. The fraction of sp³-hybridized carbons (Fsp3) is 0.100. The maximum atomic E-state index is 13.8. The Morgan fingerprint density at radius 1 is 1.23 bits per heavy atom. The Balaban J connectivity index is 1.52. The molecule has 4 aromatic rings. The molecular formula is C20H15ClFN5O2S. The number of anilines is 1. The van der Waals surface area contributed by atoms with E-state index in [-0.39, 0.29) is 11.4 Å². The molecule has 1 amide bonds. The Hall–Kier alpha value is -3.17. The molecule has 0 radical (unpaired) electrons. The lowest BCUT2D eigenvalue weighted by atomic mass is 10.2. The lowest BCUT2D eigenvalue weighted by Crippen LogP contribution is -2.15. The highest BCUT2D eigenvalue weighted by Crippen LogP contribution is 2.25. The number of nitrogens with one attached hydrogen (secondary N) is 1. The number of pyridine rings is 1. The first-order valence-electron chi connectivity index (χ1n) is 8.84. The van der Waals surface area contributed by atoms with Gasteiger partial charge >= 0.3 is 0 Å². The molecule has 1 aromatic carbocycles. The molecule has 152 valence electrons. The van der Waals surface area contributed by atoms with E-state index in [0.717, 1.165) is 5.56 Å². The summed E-state index contributed by atoms with van der Waals surface area (Å²) in [7, 11) is 0. The van der Waals surface area contributed by atoms with Crippen molar-refractivity contribution in [3.05, 3.63) is 77.7 Å². The molecule has 0 aliphatic rings. The zero-order valence-corrected chi connectivity index (χ0v) is 17.0. The average Bonchev–Trinajstić information content (AvgIpc) is 3.40. The van der Waals surface area contributed by atoms with Crippen LogP contribution in [-0.4, -0.2) is 31.4 Å². The van der Waals surface area contributed by atoms with Gasteiger partial charge in [0.1, 0.15) is 11.6 Å². The van der Waals surface area contributed by atoms with E-state index >= 15 is 0 Å². The number of halogens is 2. The number of carbonyl (C=O) groups is 1. The molecular weight excluding hydrogens is 429 g/mol. The summed E-state index contributed by atoms with van der Waals surface area (Å²) in [5.74, 6) is 0.375. The molecule has 0 fully saturated rings. The lowest BCUT2D eigenvalue weighted by molar-refractivity contribution is -0.113. The third-order valence-electron chi connectivity index (χ3n) is 4.07. The molecule has 30 heavy (non-hydrogen) atoms. The van der Waals surface area contributed by atoms with Gasteiger partial charge in [0.2, 0.25) is 5.91 Å². The van der Waals surface area contributed by atoms with Crippen LogP contribution in [0.15, 0.2) is 70.7 Å². The summed E-state index contributed by atoms with van der Waals surface area (Å²) in [5.41, 5.74) is 0.815. The van der Waals surface area contributed by atoms with Gasteiger partial charge in [-0.25, -0.2) is 4.39 Å². The highest BCUT2D eigenvalue weighted by atomic mass is 35.5. The maximum Gasteiger partial charge on any atom is 0.234 e. The van der Waals surface area contributed by atoms with Gasteiger partial charge < -0.3 is 9.73 Å². The Bertz CT molecular complexity index is 1150. The van der Waals surface area contributed by atoms with Crippen molar-refractivity contribution in [1.82, 2.24) is 19.7 Å². The molecule has 0 unspecified atom stereocenters. The largest absolute Gasteiger partial charge is 0.467 e. The smallest absolute Gasteiger partial charge is 0.234 e. The second-order valence-corrected chi connectivity index (χ2v) is 7.55. The minimum Gasteiger partial charge on any atom is -0.467 e. The van der Waals surface area contributed by atoms with E-state index in [1.165, 1.54) is 30.0 Å². The van der Waals surface area contributed by atoms with Crippen molar-refractivity contribution in [2.75, 3.05) is 11.1 Å². The minimum absolute atomic E-state index is 0.00921. The van der Waals surface area contributed by atoms with Crippen LogP contribution in [-0.2, 0) is 11.3 Å². The van der Waals surface area contributed by atoms with Crippen LogP contribution in [0.25, 0.3) is 11.4 Å². The van der Waals surface area contributed by atoms with E-state index in [1.54, 1.807) is 30.8 Å². The molecule has 4 rings (SSSR count). The normalized spacial score (nSPS) is 10.9. The third-order valence-corrected chi connectivity index (χ3v) is 5.27. The summed E-state index contributed by atoms with van der Waals surface area (Å²) in [5, 5.41) is 11.8. The van der Waals surface area contributed by atoms with Crippen molar-refractivity contribution in [3.8, 4) is 11.4 Å². The van der Waals surface area contributed by atoms with Gasteiger partial charge in [-0.3, -0.25) is 14.3 Å². The van der Waals surface area contributed by atoms with Gasteiger partial charge in [0.15, 0.2) is 11.0 Å². The molecule has 1 N–H and O–H groups in total. The fourth-order valence-corrected chi connectivity index (χ4v) is 3.62. The van der Waals surface area contributed by atoms with Crippen molar-refractivity contribution in [1.29, 1.82) is 0 Å². The number of furan rings is 1. The predicted octanol–water partition coefficient (Wildman–Crippen LogP) is 4.50. The summed E-state index contributed by atoms with van der Waals surface area (Å²) in [6.07, 6.45) is 4.95. The zero-order valence-electron chi connectivity index (χ0n) is 15.5. The molecule has 0 bridgehead atoms. The highest BCUT2D eigenvalue weighted by Gasteiger charge is 2.17. The van der Waals surface area contributed by atoms with Crippen molar-refractivity contribution >= 4 is 35.0 Å². The first kappa shape index (κ1) is 20.1. The number of benzene rings is 1. The molecule has 0 aliphatic heterocycles. The van der Waals surface area contributed by atoms with Crippen molar-refractivity contribution in [3.63, 3.8) is 0 Å². The topological polar surface area (TPSA) is 85.8 Å². The Morgan fingerprint density at radius 3 is 2.90 bits per heavy atom. The lowest BCUT2D eigenvalue weighted by Gasteiger charge is -2.09. The number of nitrogens with zero attached hydrogens (tertiary/aromatic N) is 4. The first-order chi connectivity index (χ1) is 14.6. The monoisotopic (exact) mass is 443 g/mol. The molecule has 0 atom stereocenters. The SMILES string of the molecule is O=C(CSc1nnc(-c2cccnc2)n1Cc1ccco1)Nc1cc(Cl)ccc1F. The zero-order chi connectivity index (χ0) is 20.9. The van der Waals surface area contributed by atoms with Gasteiger partial charge in [0, 0.05) is 23.0 Å². The standard InChI is InChI=1S/C20H15ClFN5O2S/c21-14-5-6-16(22)17(9-14)24-18(28)12-30-20-26-25-19(13-3-1-7-23-10-13)27(20)11-15-4-2-8-29-15/h1-10H,11-12H2,(H,24,28). The summed E-state index contributed by atoms with van der Waals surface area (Å²) in [6, 6.07) is 11.3. The maximum absolute atomic E-state index is 13.8. The van der Waals surface area contributed by atoms with Crippen LogP contribution < -0.4 is 5.32 Å². The summed E-state index contributed by atoms with van der Waals surface area (Å²) in [4.78, 5) is 16.4. The van der Waals surface area contributed by atoms with Gasteiger partial charge in [-0.05, 0) is 42.5 Å². The Labute approximate surface area is 180 Å². The predicted molar refractivity (Wildman–Crippen MR) is 112 cm³/mol. The van der Waals surface area contributed by atoms with Crippen molar-refractivity contribution in [2.24, 2.45) is 0 Å². The molecule has 3 heterocycles. The second-order valence-electron chi connectivity index (χ2n) is 6.17.